The maximum absolute atomic E-state index is 13.9. The fourth-order valence-corrected chi connectivity index (χ4v) is 5.66. The molecule has 10 nitrogen and oxygen atoms in total. The van der Waals surface area contributed by atoms with Crippen LogP contribution in [-0.2, 0) is 11.2 Å². The summed E-state index contributed by atoms with van der Waals surface area (Å²) in [4.78, 5) is 40.1. The van der Waals surface area contributed by atoms with Crippen LogP contribution in [0.1, 0.15) is 35.3 Å². The number of allylic oxidation sites excluding steroid dienone is 1. The van der Waals surface area contributed by atoms with Gasteiger partial charge in [0.1, 0.15) is 11.5 Å². The lowest BCUT2D eigenvalue weighted by molar-refractivity contribution is -0.114. The third-order valence-corrected chi connectivity index (χ3v) is 7.90. The normalized spacial score (nSPS) is 13.4. The molecule has 240 valence electrons. The highest BCUT2D eigenvalue weighted by Crippen LogP contribution is 2.32. The summed E-state index contributed by atoms with van der Waals surface area (Å²) in [5, 5.41) is 13.7. The van der Waals surface area contributed by atoms with Crippen molar-refractivity contribution >= 4 is 45.7 Å². The molecule has 3 aromatic carbocycles. The van der Waals surface area contributed by atoms with E-state index in [1.54, 1.807) is 12.1 Å². The molecule has 47 heavy (non-hydrogen) atoms. The number of piperidine rings is 1. The maximum atomic E-state index is 13.9. The number of carbonyl (C=O) groups is 2. The first-order chi connectivity index (χ1) is 22.8. The number of nitrogens with zero attached hydrogens (tertiary/aromatic N) is 5. The molecule has 1 aliphatic rings. The van der Waals surface area contributed by atoms with E-state index in [1.807, 2.05) is 61.5 Å². The van der Waals surface area contributed by atoms with E-state index >= 15 is 0 Å². The summed E-state index contributed by atoms with van der Waals surface area (Å²) >= 11 is 0. The number of carbonyl (C=O) groups excluding carboxylic acids is 2. The van der Waals surface area contributed by atoms with E-state index in [-0.39, 0.29) is 23.5 Å². The Labute approximate surface area is 272 Å². The zero-order valence-corrected chi connectivity index (χ0v) is 26.5. The molecule has 0 saturated carbocycles. The van der Waals surface area contributed by atoms with Gasteiger partial charge in [-0.1, -0.05) is 36.4 Å². The largest absolute Gasteiger partial charge is 0.371 e. The zero-order valence-electron chi connectivity index (χ0n) is 26.5. The zero-order chi connectivity index (χ0) is 32.8. The van der Waals surface area contributed by atoms with Crippen LogP contribution in [0.15, 0.2) is 84.9 Å². The Morgan fingerprint density at radius 1 is 0.957 bits per heavy atom. The van der Waals surface area contributed by atoms with Crippen LogP contribution in [0.3, 0.4) is 0 Å². The van der Waals surface area contributed by atoms with Crippen LogP contribution in [0.5, 0.6) is 0 Å². The van der Waals surface area contributed by atoms with Crippen LogP contribution >= 0.6 is 0 Å². The van der Waals surface area contributed by atoms with Crippen LogP contribution in [0.25, 0.3) is 22.3 Å². The van der Waals surface area contributed by atoms with Gasteiger partial charge in [0.05, 0.1) is 11.1 Å². The van der Waals surface area contributed by atoms with Gasteiger partial charge in [0.2, 0.25) is 5.95 Å². The predicted octanol–water partition coefficient (Wildman–Crippen LogP) is 6.37. The fraction of sp³-hybridized carbons (Fsp3) is 0.250. The lowest BCUT2D eigenvalue weighted by Gasteiger charge is -2.29. The summed E-state index contributed by atoms with van der Waals surface area (Å²) in [5.41, 5.74) is 4.60. The lowest BCUT2D eigenvalue weighted by Crippen LogP contribution is -2.29. The number of halogens is 1. The summed E-state index contributed by atoms with van der Waals surface area (Å²) < 4.78 is 13.9. The summed E-state index contributed by atoms with van der Waals surface area (Å²) in [6.07, 6.45) is 7.24. The van der Waals surface area contributed by atoms with Crippen molar-refractivity contribution in [3.05, 3.63) is 102 Å². The van der Waals surface area contributed by atoms with Crippen molar-refractivity contribution in [2.75, 3.05) is 49.3 Å². The Morgan fingerprint density at radius 2 is 1.74 bits per heavy atom. The smallest absolute Gasteiger partial charge is 0.274 e. The van der Waals surface area contributed by atoms with Crippen molar-refractivity contribution in [2.24, 2.45) is 0 Å². The first kappa shape index (κ1) is 31.6. The number of anilines is 4. The van der Waals surface area contributed by atoms with E-state index in [1.165, 1.54) is 37.5 Å². The maximum Gasteiger partial charge on any atom is 0.274 e. The molecule has 0 unspecified atom stereocenters. The molecule has 0 bridgehead atoms. The Bertz CT molecular complexity index is 1930. The molecule has 1 amide bonds. The van der Waals surface area contributed by atoms with Gasteiger partial charge >= 0.3 is 0 Å². The molecule has 0 radical (unpaired) electrons. The van der Waals surface area contributed by atoms with Crippen LogP contribution in [0.4, 0.5) is 27.4 Å². The van der Waals surface area contributed by atoms with Gasteiger partial charge in [0.15, 0.2) is 11.4 Å². The number of aromatic amines is 1. The minimum atomic E-state index is -0.518. The minimum absolute atomic E-state index is 0.0220. The van der Waals surface area contributed by atoms with Gasteiger partial charge in [0.25, 0.3) is 5.91 Å². The lowest BCUT2D eigenvalue weighted by atomic mass is 10.0. The Morgan fingerprint density at radius 3 is 2.55 bits per heavy atom. The number of fused-ring (bicyclic) bond motifs is 1. The molecular formula is C36H37FN8O2. The Balaban J connectivity index is 1.36. The van der Waals surface area contributed by atoms with Gasteiger partial charge in [-0.15, -0.1) is 0 Å². The number of aromatic nitrogens is 4. The molecular weight excluding hydrogens is 595 g/mol. The molecule has 0 aliphatic carbocycles. The van der Waals surface area contributed by atoms with Crippen LogP contribution in [-0.4, -0.2) is 70.5 Å². The van der Waals surface area contributed by atoms with E-state index in [2.05, 4.69) is 42.8 Å². The number of likely N-dealkylation sites (N-methyl/N-ethyl adjacent to an activating group) is 1. The molecule has 6 rings (SSSR count). The molecule has 2 aromatic heterocycles. The average Bonchev–Trinajstić information content (AvgIpc) is 3.49. The van der Waals surface area contributed by atoms with Gasteiger partial charge in [-0.05, 0) is 87.5 Å². The van der Waals surface area contributed by atoms with Crippen molar-refractivity contribution in [2.45, 2.75) is 25.7 Å². The van der Waals surface area contributed by atoms with Gasteiger partial charge < -0.3 is 20.4 Å². The van der Waals surface area contributed by atoms with Crippen molar-refractivity contribution in [3.8, 4) is 11.3 Å². The highest BCUT2D eigenvalue weighted by Gasteiger charge is 2.22. The highest BCUT2D eigenvalue weighted by atomic mass is 19.1. The number of benzene rings is 3. The van der Waals surface area contributed by atoms with Gasteiger partial charge in [-0.3, -0.25) is 14.7 Å². The number of hydrogen-bond acceptors (Lipinski definition) is 8. The Kier molecular flexibility index (Phi) is 9.63. The van der Waals surface area contributed by atoms with E-state index < -0.39 is 11.7 Å². The summed E-state index contributed by atoms with van der Waals surface area (Å²) in [6, 6.07) is 21.3. The van der Waals surface area contributed by atoms with Gasteiger partial charge in [-0.2, -0.15) is 10.1 Å². The monoisotopic (exact) mass is 632 g/mol. The topological polar surface area (TPSA) is 119 Å². The molecule has 1 fully saturated rings. The first-order valence-corrected chi connectivity index (χ1v) is 15.7. The predicted molar refractivity (Wildman–Crippen MR) is 184 cm³/mol. The first-order valence-electron chi connectivity index (χ1n) is 15.7. The summed E-state index contributed by atoms with van der Waals surface area (Å²) in [6.45, 7) is 2.71. The SMILES string of the molecule is CN(C)C/C=C/C(=O)Cc1cccc(-c2nc(Nc3cccc(N4CCCCC4)c3)nc3n[nH]c(C(=O)Nc4cccc(F)c4)c23)c1. The van der Waals surface area contributed by atoms with Gasteiger partial charge in [-0.25, -0.2) is 9.37 Å². The molecule has 1 aliphatic heterocycles. The molecule has 5 aromatic rings. The number of rotatable bonds is 11. The van der Waals surface area contributed by atoms with E-state index in [0.717, 1.165) is 30.0 Å². The minimum Gasteiger partial charge on any atom is -0.371 e. The van der Waals surface area contributed by atoms with E-state index in [4.69, 9.17) is 4.98 Å². The third-order valence-electron chi connectivity index (χ3n) is 7.90. The van der Waals surface area contributed by atoms with Crippen LogP contribution in [0, 0.1) is 5.82 Å². The number of ketones is 1. The molecule has 0 spiro atoms. The Hall–Kier alpha value is -5.42. The second-order valence-electron chi connectivity index (χ2n) is 11.9. The molecule has 3 heterocycles. The van der Waals surface area contributed by atoms with Crippen molar-refractivity contribution in [3.63, 3.8) is 0 Å². The second-order valence-corrected chi connectivity index (χ2v) is 11.9. The van der Waals surface area contributed by atoms with Crippen LogP contribution in [0.2, 0.25) is 0 Å². The van der Waals surface area contributed by atoms with Crippen molar-refractivity contribution in [1.29, 1.82) is 0 Å². The van der Waals surface area contributed by atoms with Crippen LogP contribution < -0.4 is 15.5 Å². The average molecular weight is 633 g/mol. The summed E-state index contributed by atoms with van der Waals surface area (Å²) in [5.74, 6) is -0.703. The number of H-pyrrole nitrogens is 1. The molecule has 3 N–H and O–H groups in total. The molecule has 1 saturated heterocycles. The standard InChI is InChI=1S/C36H37FN8O2/c1-44(2)17-9-16-30(46)21-24-10-6-11-25(20-24)32-31-33(35(47)38-27-13-7-12-26(37)22-27)42-43-34(31)41-36(40-32)39-28-14-8-15-29(23-28)45-18-4-3-5-19-45/h6-16,20,22-23H,3-5,17-19,21H2,1-2H3,(H,38,47)(H2,39,40,41,42,43)/b16-9+. The number of nitrogens with one attached hydrogen (secondary N) is 3. The van der Waals surface area contributed by atoms with E-state index in [9.17, 15) is 14.0 Å². The fourth-order valence-electron chi connectivity index (χ4n) is 5.66. The van der Waals surface area contributed by atoms with Crippen molar-refractivity contribution < 1.29 is 14.0 Å². The molecule has 0 atom stereocenters. The number of amides is 1. The third kappa shape index (κ3) is 7.87. The number of hydrogen-bond donors (Lipinski definition) is 3. The quantitative estimate of drug-likeness (QED) is 0.144. The second kappa shape index (κ2) is 14.3. The van der Waals surface area contributed by atoms with E-state index in [0.29, 0.717) is 34.8 Å². The van der Waals surface area contributed by atoms with Crippen molar-refractivity contribution in [1.82, 2.24) is 25.1 Å². The highest BCUT2D eigenvalue weighted by molar-refractivity contribution is 6.13. The van der Waals surface area contributed by atoms with Gasteiger partial charge in [0, 0.05) is 48.7 Å². The summed E-state index contributed by atoms with van der Waals surface area (Å²) in [7, 11) is 3.88. The molecule has 11 heteroatoms.